The molecular formula is C24H30N2O3. The smallest absolute Gasteiger partial charge is 0.177 e. The number of allylic oxidation sites excluding steroid dienone is 3. The number of rotatable bonds is 10. The first-order chi connectivity index (χ1) is 13.9. The van der Waals surface area contributed by atoms with Gasteiger partial charge in [0.05, 0.1) is 19.8 Å². The molecule has 0 bridgehead atoms. The summed E-state index contributed by atoms with van der Waals surface area (Å²) in [6.07, 6.45) is 5.22. The summed E-state index contributed by atoms with van der Waals surface area (Å²) in [6, 6.07) is 14.8. The topological polar surface area (TPSA) is 87.6 Å². The second kappa shape index (κ2) is 10.0. The Hall–Kier alpha value is -2.89. The molecule has 0 saturated heterocycles. The number of ether oxygens (including phenoxy) is 2. The van der Waals surface area contributed by atoms with Crippen LogP contribution < -0.4 is 20.9 Å². The number of methoxy groups -OCH3 is 2. The van der Waals surface area contributed by atoms with Crippen molar-refractivity contribution in [3.63, 3.8) is 0 Å². The lowest BCUT2D eigenvalue weighted by atomic mass is 9.73. The van der Waals surface area contributed by atoms with Crippen molar-refractivity contribution in [3.05, 3.63) is 84.5 Å². The molecule has 0 aliphatic heterocycles. The Morgan fingerprint density at radius 2 is 1.48 bits per heavy atom. The van der Waals surface area contributed by atoms with E-state index in [0.717, 1.165) is 22.6 Å². The molecule has 2 aromatic rings. The van der Waals surface area contributed by atoms with Crippen LogP contribution in [-0.4, -0.2) is 26.0 Å². The third kappa shape index (κ3) is 5.13. The Bertz CT molecular complexity index is 794. The van der Waals surface area contributed by atoms with Gasteiger partial charge in [-0.25, -0.2) is 0 Å². The largest absolute Gasteiger partial charge is 0.497 e. The minimum absolute atomic E-state index is 0.0121. The van der Waals surface area contributed by atoms with Crippen LogP contribution >= 0.6 is 0 Å². The van der Waals surface area contributed by atoms with E-state index in [0.29, 0.717) is 6.42 Å². The van der Waals surface area contributed by atoms with Crippen molar-refractivity contribution < 1.29 is 14.3 Å². The molecule has 2 rings (SSSR count). The maximum Gasteiger partial charge on any atom is 0.177 e. The number of carbonyl (C=O) groups is 1. The fourth-order valence-corrected chi connectivity index (χ4v) is 3.35. The molecule has 0 aliphatic carbocycles. The highest BCUT2D eigenvalue weighted by Crippen LogP contribution is 2.35. The molecule has 154 valence electrons. The lowest BCUT2D eigenvalue weighted by molar-refractivity contribution is -0.110. The third-order valence-corrected chi connectivity index (χ3v) is 5.27. The maximum atomic E-state index is 11.4. The van der Waals surface area contributed by atoms with Crippen molar-refractivity contribution in [1.82, 2.24) is 0 Å². The Kier molecular flexibility index (Phi) is 7.76. The highest BCUT2D eigenvalue weighted by Gasteiger charge is 2.39. The quantitative estimate of drug-likeness (QED) is 0.602. The van der Waals surface area contributed by atoms with E-state index in [1.54, 1.807) is 14.2 Å². The Morgan fingerprint density at radius 1 is 1.03 bits per heavy atom. The SMILES string of the molecule is C=CC(=O)C=CCC(C)[C@H](N)C(N)(c1ccc(OC)cc1)c1ccc(OC)cc1. The number of benzene rings is 2. The van der Waals surface area contributed by atoms with Gasteiger partial charge in [-0.15, -0.1) is 0 Å². The first-order valence-electron chi connectivity index (χ1n) is 9.53. The average Bonchev–Trinajstić information content (AvgIpc) is 2.77. The zero-order valence-corrected chi connectivity index (χ0v) is 17.3. The van der Waals surface area contributed by atoms with Gasteiger partial charge in [0.2, 0.25) is 0 Å². The van der Waals surface area contributed by atoms with Crippen LogP contribution in [0.25, 0.3) is 0 Å². The minimum atomic E-state index is -0.936. The number of nitrogens with two attached hydrogens (primary N) is 2. The summed E-state index contributed by atoms with van der Waals surface area (Å²) in [4.78, 5) is 11.4. The van der Waals surface area contributed by atoms with Gasteiger partial charge < -0.3 is 20.9 Å². The molecule has 0 aromatic heterocycles. The van der Waals surface area contributed by atoms with Crippen LogP contribution in [0.3, 0.4) is 0 Å². The highest BCUT2D eigenvalue weighted by atomic mass is 16.5. The Labute approximate surface area is 173 Å². The van der Waals surface area contributed by atoms with Crippen LogP contribution in [0.4, 0.5) is 0 Å². The molecule has 0 spiro atoms. The number of hydrogen-bond acceptors (Lipinski definition) is 5. The summed E-state index contributed by atoms with van der Waals surface area (Å²) in [5.74, 6) is 1.38. The Balaban J connectivity index is 2.42. The van der Waals surface area contributed by atoms with Gasteiger partial charge in [-0.2, -0.15) is 0 Å². The predicted molar refractivity (Wildman–Crippen MR) is 117 cm³/mol. The van der Waals surface area contributed by atoms with Gasteiger partial charge in [-0.1, -0.05) is 43.8 Å². The molecule has 0 radical (unpaired) electrons. The monoisotopic (exact) mass is 394 g/mol. The zero-order chi connectivity index (χ0) is 21.4. The third-order valence-electron chi connectivity index (χ3n) is 5.27. The lowest BCUT2D eigenvalue weighted by Gasteiger charge is -2.39. The van der Waals surface area contributed by atoms with Gasteiger partial charge in [-0.05, 0) is 59.9 Å². The van der Waals surface area contributed by atoms with Crippen molar-refractivity contribution in [3.8, 4) is 11.5 Å². The summed E-state index contributed by atoms with van der Waals surface area (Å²) in [5.41, 5.74) is 14.6. The van der Waals surface area contributed by atoms with Crippen LogP contribution in [-0.2, 0) is 10.3 Å². The van der Waals surface area contributed by atoms with Gasteiger partial charge in [0.15, 0.2) is 5.78 Å². The number of ketones is 1. The van der Waals surface area contributed by atoms with Gasteiger partial charge in [0.25, 0.3) is 0 Å². The molecule has 5 nitrogen and oxygen atoms in total. The van der Waals surface area contributed by atoms with Crippen molar-refractivity contribution in [2.24, 2.45) is 17.4 Å². The fraction of sp³-hybridized carbons (Fsp3) is 0.292. The van der Waals surface area contributed by atoms with Crippen LogP contribution in [0, 0.1) is 5.92 Å². The van der Waals surface area contributed by atoms with E-state index in [1.807, 2.05) is 61.5 Å². The maximum absolute atomic E-state index is 11.4. The molecule has 0 saturated carbocycles. The van der Waals surface area contributed by atoms with Crippen LogP contribution in [0.1, 0.15) is 24.5 Å². The van der Waals surface area contributed by atoms with Crippen molar-refractivity contribution in [2.75, 3.05) is 14.2 Å². The molecule has 4 N–H and O–H groups in total. The summed E-state index contributed by atoms with van der Waals surface area (Å²) in [7, 11) is 3.25. The summed E-state index contributed by atoms with van der Waals surface area (Å²) >= 11 is 0. The minimum Gasteiger partial charge on any atom is -0.497 e. The number of hydrogen-bond donors (Lipinski definition) is 2. The molecule has 2 aromatic carbocycles. The molecular weight excluding hydrogens is 364 g/mol. The van der Waals surface area contributed by atoms with Gasteiger partial charge >= 0.3 is 0 Å². The molecule has 2 atom stereocenters. The predicted octanol–water partition coefficient (Wildman–Crippen LogP) is 3.57. The second-order valence-electron chi connectivity index (χ2n) is 7.07. The van der Waals surface area contributed by atoms with Crippen LogP contribution in [0.2, 0.25) is 0 Å². The Morgan fingerprint density at radius 3 is 1.86 bits per heavy atom. The van der Waals surface area contributed by atoms with E-state index in [-0.39, 0.29) is 11.7 Å². The van der Waals surface area contributed by atoms with Crippen molar-refractivity contribution in [1.29, 1.82) is 0 Å². The van der Waals surface area contributed by atoms with Crippen molar-refractivity contribution in [2.45, 2.75) is 24.9 Å². The van der Waals surface area contributed by atoms with E-state index in [9.17, 15) is 4.79 Å². The van der Waals surface area contributed by atoms with E-state index in [1.165, 1.54) is 12.2 Å². The zero-order valence-electron chi connectivity index (χ0n) is 17.3. The van der Waals surface area contributed by atoms with Gasteiger partial charge in [-0.3, -0.25) is 4.79 Å². The van der Waals surface area contributed by atoms with Crippen molar-refractivity contribution >= 4 is 5.78 Å². The second-order valence-corrected chi connectivity index (χ2v) is 7.07. The fourth-order valence-electron chi connectivity index (χ4n) is 3.35. The van der Waals surface area contributed by atoms with Crippen LogP contribution in [0.5, 0.6) is 11.5 Å². The average molecular weight is 395 g/mol. The van der Waals surface area contributed by atoms with E-state index >= 15 is 0 Å². The van der Waals surface area contributed by atoms with E-state index in [4.69, 9.17) is 20.9 Å². The standard InChI is InChI=1S/C24H30N2O3/c1-5-20(27)8-6-7-17(2)23(25)24(26,18-9-13-21(28-3)14-10-18)19-11-15-22(29-4)16-12-19/h5-6,8-17,23H,1,7,25-26H2,2-4H3/t17?,23-/m0/s1. The van der Waals surface area contributed by atoms with Gasteiger partial charge in [0, 0.05) is 6.04 Å². The molecule has 29 heavy (non-hydrogen) atoms. The molecule has 0 aliphatic rings. The first-order valence-corrected chi connectivity index (χ1v) is 9.53. The lowest BCUT2D eigenvalue weighted by Crippen LogP contribution is -2.56. The van der Waals surface area contributed by atoms with Crippen LogP contribution in [0.15, 0.2) is 73.3 Å². The molecule has 5 heteroatoms. The number of carbonyl (C=O) groups excluding carboxylic acids is 1. The summed E-state index contributed by atoms with van der Waals surface area (Å²) < 4.78 is 10.5. The summed E-state index contributed by atoms with van der Waals surface area (Å²) in [6.45, 7) is 5.50. The molecule has 0 amide bonds. The normalized spacial score (nSPS) is 13.7. The van der Waals surface area contributed by atoms with E-state index in [2.05, 4.69) is 6.58 Å². The van der Waals surface area contributed by atoms with Gasteiger partial charge in [0.1, 0.15) is 11.5 Å². The highest BCUT2D eigenvalue weighted by molar-refractivity contribution is 5.98. The summed E-state index contributed by atoms with van der Waals surface area (Å²) in [5, 5.41) is 0. The first kappa shape index (κ1) is 22.4. The molecule has 0 fully saturated rings. The molecule has 0 heterocycles. The molecule has 1 unspecified atom stereocenters. The van der Waals surface area contributed by atoms with E-state index < -0.39 is 11.6 Å².